The maximum Gasteiger partial charge on any atom is 0.230 e. The zero-order valence-electron chi connectivity index (χ0n) is 14.5. The van der Waals surface area contributed by atoms with Crippen molar-refractivity contribution in [1.82, 2.24) is 19.7 Å². The largest absolute Gasteiger partial charge is 0.378 e. The second kappa shape index (κ2) is 8.54. The predicted molar refractivity (Wildman–Crippen MR) is 92.7 cm³/mol. The van der Waals surface area contributed by atoms with E-state index in [1.165, 1.54) is 0 Å². The average Bonchev–Trinajstić information content (AvgIpc) is 2.59. The Labute approximate surface area is 143 Å². The van der Waals surface area contributed by atoms with Crippen LogP contribution in [0.3, 0.4) is 0 Å². The van der Waals surface area contributed by atoms with E-state index in [4.69, 9.17) is 4.74 Å². The highest BCUT2D eigenvalue weighted by Gasteiger charge is 2.18. The van der Waals surface area contributed by atoms with Crippen LogP contribution in [0.5, 0.6) is 0 Å². The molecule has 136 valence electrons. The maximum atomic E-state index is 11.9. The Morgan fingerprint density at radius 3 is 2.54 bits per heavy atom. The summed E-state index contributed by atoms with van der Waals surface area (Å²) in [6.45, 7) is 4.69. The molecular formula is C14H26N6O3S. The number of unbranched alkanes of at least 4 members (excludes halogenated alkanes) is 1. The van der Waals surface area contributed by atoms with Crippen molar-refractivity contribution in [2.75, 3.05) is 56.0 Å². The number of rotatable bonds is 8. The van der Waals surface area contributed by atoms with Crippen molar-refractivity contribution in [3.8, 4) is 0 Å². The van der Waals surface area contributed by atoms with Crippen LogP contribution in [0.4, 0.5) is 11.9 Å². The highest BCUT2D eigenvalue weighted by Crippen LogP contribution is 2.14. The van der Waals surface area contributed by atoms with Gasteiger partial charge in [0.15, 0.2) is 5.82 Å². The molecule has 1 N–H and O–H groups in total. The minimum absolute atomic E-state index is 0.0622. The van der Waals surface area contributed by atoms with Crippen molar-refractivity contribution in [3.05, 3.63) is 5.82 Å². The van der Waals surface area contributed by atoms with Crippen LogP contribution < -0.4 is 14.5 Å². The Morgan fingerprint density at radius 2 is 1.92 bits per heavy atom. The number of aromatic nitrogens is 3. The highest BCUT2D eigenvalue weighted by molar-refractivity contribution is 7.89. The normalized spacial score (nSPS) is 15.5. The molecular weight excluding hydrogens is 332 g/mol. The van der Waals surface area contributed by atoms with Gasteiger partial charge >= 0.3 is 0 Å². The molecule has 0 atom stereocenters. The van der Waals surface area contributed by atoms with Gasteiger partial charge in [-0.15, -0.1) is 0 Å². The second-order valence-corrected chi connectivity index (χ2v) is 7.77. The fraction of sp³-hybridized carbons (Fsp3) is 0.786. The van der Waals surface area contributed by atoms with Gasteiger partial charge in [-0.2, -0.15) is 15.0 Å². The average molecular weight is 358 g/mol. The maximum absolute atomic E-state index is 11.9. The summed E-state index contributed by atoms with van der Waals surface area (Å²) in [6.07, 6.45) is 1.47. The van der Waals surface area contributed by atoms with Crippen molar-refractivity contribution in [1.29, 1.82) is 0 Å². The lowest BCUT2D eigenvalue weighted by molar-refractivity contribution is 0.122. The lowest BCUT2D eigenvalue weighted by Gasteiger charge is -2.27. The van der Waals surface area contributed by atoms with Crippen LogP contribution in [0, 0.1) is 0 Å². The first-order valence-electron chi connectivity index (χ1n) is 8.13. The topological polar surface area (TPSA) is 101 Å². The van der Waals surface area contributed by atoms with Gasteiger partial charge in [0.2, 0.25) is 21.9 Å². The molecule has 9 nitrogen and oxygen atoms in total. The molecule has 0 saturated carbocycles. The molecule has 0 aliphatic carbocycles. The van der Waals surface area contributed by atoms with Crippen molar-refractivity contribution in [2.45, 2.75) is 26.3 Å². The van der Waals surface area contributed by atoms with E-state index in [9.17, 15) is 8.42 Å². The Balaban J connectivity index is 2.14. The number of sulfonamides is 1. The van der Waals surface area contributed by atoms with Crippen molar-refractivity contribution in [3.63, 3.8) is 0 Å². The Kier molecular flexibility index (Phi) is 6.69. The molecule has 0 radical (unpaired) electrons. The van der Waals surface area contributed by atoms with Gasteiger partial charge in [0.25, 0.3) is 0 Å². The van der Waals surface area contributed by atoms with Gasteiger partial charge in [-0.3, -0.25) is 0 Å². The molecule has 1 aliphatic heterocycles. The van der Waals surface area contributed by atoms with Crippen LogP contribution >= 0.6 is 0 Å². The van der Waals surface area contributed by atoms with E-state index in [1.807, 2.05) is 25.9 Å². The molecule has 10 heteroatoms. The zero-order valence-corrected chi connectivity index (χ0v) is 15.3. The molecule has 1 saturated heterocycles. The van der Waals surface area contributed by atoms with Crippen LogP contribution in [-0.2, 0) is 21.3 Å². The van der Waals surface area contributed by atoms with Crippen LogP contribution in [0.15, 0.2) is 0 Å². The number of anilines is 2. The fourth-order valence-corrected chi connectivity index (χ4v) is 3.32. The lowest BCUT2D eigenvalue weighted by atomic mass is 10.4. The summed E-state index contributed by atoms with van der Waals surface area (Å²) in [5.41, 5.74) is 0. The molecule has 0 bridgehead atoms. The molecule has 2 rings (SSSR count). The summed E-state index contributed by atoms with van der Waals surface area (Å²) in [4.78, 5) is 17.0. The van der Waals surface area contributed by atoms with E-state index in [0.29, 0.717) is 50.4 Å². The quantitative estimate of drug-likeness (QED) is 0.693. The first-order chi connectivity index (χ1) is 11.4. The van der Waals surface area contributed by atoms with Crippen molar-refractivity contribution >= 4 is 21.9 Å². The van der Waals surface area contributed by atoms with Crippen LogP contribution in [-0.4, -0.2) is 69.5 Å². The summed E-state index contributed by atoms with van der Waals surface area (Å²) in [5, 5.41) is 0. The number of hydrogen-bond donors (Lipinski definition) is 1. The smallest absolute Gasteiger partial charge is 0.230 e. The second-order valence-electron chi connectivity index (χ2n) is 5.84. The molecule has 0 amide bonds. The molecule has 1 aromatic rings. The molecule has 24 heavy (non-hydrogen) atoms. The van der Waals surface area contributed by atoms with E-state index in [2.05, 4.69) is 19.7 Å². The molecule has 1 aromatic heterocycles. The Morgan fingerprint density at radius 1 is 1.21 bits per heavy atom. The molecule has 0 unspecified atom stereocenters. The highest BCUT2D eigenvalue weighted by atomic mass is 32.2. The van der Waals surface area contributed by atoms with Crippen molar-refractivity contribution < 1.29 is 13.2 Å². The zero-order chi connectivity index (χ0) is 17.6. The van der Waals surface area contributed by atoms with Crippen molar-refractivity contribution in [2.24, 2.45) is 0 Å². The summed E-state index contributed by atoms with van der Waals surface area (Å²) >= 11 is 0. The molecule has 1 fully saturated rings. The van der Waals surface area contributed by atoms with E-state index in [0.717, 1.165) is 6.42 Å². The lowest BCUT2D eigenvalue weighted by Crippen LogP contribution is -2.38. The van der Waals surface area contributed by atoms with E-state index < -0.39 is 10.0 Å². The molecule has 1 aliphatic rings. The minimum Gasteiger partial charge on any atom is -0.378 e. The van der Waals surface area contributed by atoms with E-state index >= 15 is 0 Å². The summed E-state index contributed by atoms with van der Waals surface area (Å²) in [5.74, 6) is 1.59. The standard InChI is InChI=1S/C14H26N6O3S/c1-4-5-10-24(21,22)15-11-12-16-13(19(2)3)18-14(17-12)20-6-8-23-9-7-20/h15H,4-11H2,1-3H3. The first-order valence-corrected chi connectivity index (χ1v) is 9.79. The Hall–Kier alpha value is -1.52. The first kappa shape index (κ1) is 18.8. The van der Waals surface area contributed by atoms with Gasteiger partial charge in [-0.1, -0.05) is 13.3 Å². The summed E-state index contributed by atoms with van der Waals surface area (Å²) in [7, 11) is 0.371. The number of ether oxygens (including phenoxy) is 1. The minimum atomic E-state index is -3.31. The number of nitrogens with one attached hydrogen (secondary N) is 1. The van der Waals surface area contributed by atoms with Gasteiger partial charge < -0.3 is 14.5 Å². The summed E-state index contributed by atoms with van der Waals surface area (Å²) < 4.78 is 31.8. The van der Waals surface area contributed by atoms with Gasteiger partial charge in [0.05, 0.1) is 25.5 Å². The third-order valence-corrected chi connectivity index (χ3v) is 4.98. The Bertz CT molecular complexity index is 631. The summed E-state index contributed by atoms with van der Waals surface area (Å²) in [6, 6.07) is 0. The number of morpholine rings is 1. The fourth-order valence-electron chi connectivity index (χ4n) is 2.16. The predicted octanol–water partition coefficient (Wildman–Crippen LogP) is -0.00630. The SMILES string of the molecule is CCCCS(=O)(=O)NCc1nc(N(C)C)nc(N2CCOCC2)n1. The van der Waals surface area contributed by atoms with Crippen LogP contribution in [0.2, 0.25) is 0 Å². The van der Waals surface area contributed by atoms with Gasteiger partial charge in [0, 0.05) is 27.2 Å². The third-order valence-electron chi connectivity index (χ3n) is 3.57. The van der Waals surface area contributed by atoms with Gasteiger partial charge in [-0.25, -0.2) is 13.1 Å². The van der Waals surface area contributed by atoms with E-state index in [-0.39, 0.29) is 12.3 Å². The van der Waals surface area contributed by atoms with E-state index in [1.54, 1.807) is 4.90 Å². The molecule has 2 heterocycles. The number of nitrogens with zero attached hydrogens (tertiary/aromatic N) is 5. The van der Waals surface area contributed by atoms with Crippen LogP contribution in [0.1, 0.15) is 25.6 Å². The third kappa shape index (κ3) is 5.53. The monoisotopic (exact) mass is 358 g/mol. The van der Waals surface area contributed by atoms with Gasteiger partial charge in [-0.05, 0) is 6.42 Å². The van der Waals surface area contributed by atoms with Gasteiger partial charge in [0.1, 0.15) is 0 Å². The van der Waals surface area contributed by atoms with Crippen LogP contribution in [0.25, 0.3) is 0 Å². The molecule has 0 aromatic carbocycles. The number of hydrogen-bond acceptors (Lipinski definition) is 8. The molecule has 0 spiro atoms.